The van der Waals surface area contributed by atoms with E-state index in [-0.39, 0.29) is 5.91 Å². The van der Waals surface area contributed by atoms with Crippen LogP contribution < -0.4 is 15.4 Å². The molecule has 9 nitrogen and oxygen atoms in total. The van der Waals surface area contributed by atoms with E-state index in [2.05, 4.69) is 15.7 Å². The molecule has 36 heavy (non-hydrogen) atoms. The minimum atomic E-state index is -2.10. The smallest absolute Gasteiger partial charge is 0.253 e. The van der Waals surface area contributed by atoms with Crippen molar-refractivity contribution >= 4 is 41.7 Å². The first-order chi connectivity index (χ1) is 17.3. The third-order valence-electron chi connectivity index (χ3n) is 6.34. The topological polar surface area (TPSA) is 101 Å². The van der Waals surface area contributed by atoms with Gasteiger partial charge in [0, 0.05) is 42.9 Å². The Labute approximate surface area is 209 Å². The fourth-order valence-corrected chi connectivity index (χ4v) is 5.79. The molecule has 4 aromatic rings. The third kappa shape index (κ3) is 5.06. The van der Waals surface area contributed by atoms with E-state index < -0.39 is 7.14 Å². The zero-order valence-corrected chi connectivity index (χ0v) is 21.5. The molecule has 186 valence electrons. The van der Waals surface area contributed by atoms with Crippen LogP contribution in [0.25, 0.3) is 5.52 Å². The Morgan fingerprint density at radius 1 is 1.06 bits per heavy atom. The van der Waals surface area contributed by atoms with Crippen LogP contribution in [0.4, 0.5) is 23.1 Å². The summed E-state index contributed by atoms with van der Waals surface area (Å²) >= 11 is 0. The molecule has 1 aliphatic heterocycles. The number of rotatable bonds is 6. The van der Waals surface area contributed by atoms with Gasteiger partial charge in [-0.3, -0.25) is 4.79 Å². The maximum atomic E-state index is 13.1. The molecule has 0 atom stereocenters. The van der Waals surface area contributed by atoms with Crippen LogP contribution in [0.5, 0.6) is 5.75 Å². The molecule has 2 aromatic heterocycles. The highest BCUT2D eigenvalue weighted by molar-refractivity contribution is 7.63. The Hall–Kier alpha value is -3.84. The van der Waals surface area contributed by atoms with E-state index in [4.69, 9.17) is 9.72 Å². The van der Waals surface area contributed by atoms with Crippen molar-refractivity contribution in [3.63, 3.8) is 0 Å². The summed E-state index contributed by atoms with van der Waals surface area (Å²) in [6.45, 7) is 4.88. The summed E-state index contributed by atoms with van der Waals surface area (Å²) in [6, 6.07) is 17.0. The molecule has 0 radical (unpaired) electrons. The number of aryl methyl sites for hydroxylation is 1. The Morgan fingerprint density at radius 3 is 2.64 bits per heavy atom. The summed E-state index contributed by atoms with van der Waals surface area (Å²) in [7, 11) is -0.476. The van der Waals surface area contributed by atoms with Gasteiger partial charge in [-0.2, -0.15) is 4.98 Å². The predicted molar refractivity (Wildman–Crippen MR) is 143 cm³/mol. The molecule has 1 amide bonds. The molecule has 1 aliphatic rings. The second-order valence-corrected chi connectivity index (χ2v) is 12.7. The number of anilines is 4. The number of methoxy groups -OCH3 is 1. The van der Waals surface area contributed by atoms with Gasteiger partial charge in [0.2, 0.25) is 5.95 Å². The molecular weight excluding hydrogens is 475 g/mol. The van der Waals surface area contributed by atoms with Gasteiger partial charge in [-0.25, -0.2) is 4.52 Å². The second-order valence-electron chi connectivity index (χ2n) is 9.19. The zero-order chi connectivity index (χ0) is 25.3. The van der Waals surface area contributed by atoms with Crippen molar-refractivity contribution < 1.29 is 14.1 Å². The number of benzene rings is 2. The van der Waals surface area contributed by atoms with E-state index in [0.29, 0.717) is 48.5 Å². The van der Waals surface area contributed by atoms with Crippen LogP contribution in [0.2, 0.25) is 0 Å². The summed E-state index contributed by atoms with van der Waals surface area (Å²) in [5, 5.41) is 11.2. The maximum absolute atomic E-state index is 13.1. The van der Waals surface area contributed by atoms with Crippen LogP contribution in [0.1, 0.15) is 15.9 Å². The monoisotopic (exact) mass is 504 g/mol. The largest absolute Gasteiger partial charge is 0.495 e. The van der Waals surface area contributed by atoms with Gasteiger partial charge in [0.15, 0.2) is 5.82 Å². The molecule has 2 N–H and O–H groups in total. The summed E-state index contributed by atoms with van der Waals surface area (Å²) < 4.78 is 19.5. The number of nitrogens with zero attached hydrogens (tertiary/aromatic N) is 4. The Kier molecular flexibility index (Phi) is 6.41. The normalized spacial score (nSPS) is 15.0. The van der Waals surface area contributed by atoms with Crippen molar-refractivity contribution in [2.75, 3.05) is 49.8 Å². The van der Waals surface area contributed by atoms with Gasteiger partial charge < -0.3 is 24.8 Å². The lowest BCUT2D eigenvalue weighted by Gasteiger charge is -2.30. The van der Waals surface area contributed by atoms with E-state index in [9.17, 15) is 9.36 Å². The number of hydrogen-bond acceptors (Lipinski definition) is 7. The van der Waals surface area contributed by atoms with Crippen LogP contribution in [0.3, 0.4) is 0 Å². The van der Waals surface area contributed by atoms with Gasteiger partial charge in [-0.05, 0) is 61.6 Å². The number of carbonyl (C=O) groups is 1. The van der Waals surface area contributed by atoms with Crippen molar-refractivity contribution in [2.24, 2.45) is 0 Å². The fourth-order valence-electron chi connectivity index (χ4n) is 4.24. The van der Waals surface area contributed by atoms with Crippen molar-refractivity contribution in [3.05, 3.63) is 71.9 Å². The number of carbonyl (C=O) groups excluding carboxylic acids is 1. The lowest BCUT2D eigenvalue weighted by atomic mass is 10.1. The van der Waals surface area contributed by atoms with E-state index in [0.717, 1.165) is 22.5 Å². The molecule has 10 heteroatoms. The molecule has 0 aliphatic carbocycles. The van der Waals surface area contributed by atoms with Crippen LogP contribution in [0, 0.1) is 6.92 Å². The average molecular weight is 505 g/mol. The highest BCUT2D eigenvalue weighted by atomic mass is 31.2. The van der Waals surface area contributed by atoms with Crippen molar-refractivity contribution in [1.82, 2.24) is 19.5 Å². The number of fused-ring (bicyclic) bond motifs is 1. The highest BCUT2D eigenvalue weighted by Crippen LogP contribution is 2.43. The van der Waals surface area contributed by atoms with Crippen LogP contribution in [0.15, 0.2) is 60.8 Å². The molecule has 0 bridgehead atoms. The first kappa shape index (κ1) is 23.9. The number of aromatic nitrogens is 3. The summed E-state index contributed by atoms with van der Waals surface area (Å²) in [6.07, 6.45) is 3.00. The van der Waals surface area contributed by atoms with Gasteiger partial charge in [0.25, 0.3) is 5.91 Å². The summed E-state index contributed by atoms with van der Waals surface area (Å²) in [5.74, 6) is 1.64. The van der Waals surface area contributed by atoms with E-state index in [1.165, 1.54) is 0 Å². The molecule has 1 fully saturated rings. The first-order valence-electron chi connectivity index (χ1n) is 11.8. The maximum Gasteiger partial charge on any atom is 0.253 e. The molecule has 1 saturated heterocycles. The third-order valence-corrected chi connectivity index (χ3v) is 8.63. The predicted octanol–water partition coefficient (Wildman–Crippen LogP) is 4.98. The van der Waals surface area contributed by atoms with Gasteiger partial charge >= 0.3 is 0 Å². The Bertz CT molecular complexity index is 1470. The van der Waals surface area contributed by atoms with E-state index >= 15 is 0 Å². The molecule has 0 saturated carbocycles. The number of hydrogen-bond donors (Lipinski definition) is 2. The first-order valence-corrected chi connectivity index (χ1v) is 14.3. The quantitative estimate of drug-likeness (QED) is 0.357. The van der Waals surface area contributed by atoms with Crippen molar-refractivity contribution in [2.45, 2.75) is 6.92 Å². The average Bonchev–Trinajstić information content (AvgIpc) is 3.34. The Morgan fingerprint density at radius 2 is 1.86 bits per heavy atom. The van der Waals surface area contributed by atoms with Gasteiger partial charge in [-0.15, -0.1) is 5.10 Å². The lowest BCUT2D eigenvalue weighted by Crippen LogP contribution is -2.39. The number of nitrogens with one attached hydrogen (secondary N) is 2. The molecule has 5 rings (SSSR count). The van der Waals surface area contributed by atoms with Crippen molar-refractivity contribution in [3.8, 4) is 5.75 Å². The summed E-state index contributed by atoms with van der Waals surface area (Å²) in [4.78, 5) is 19.6. The van der Waals surface area contributed by atoms with Gasteiger partial charge in [-0.1, -0.05) is 12.1 Å². The van der Waals surface area contributed by atoms with Crippen LogP contribution >= 0.6 is 7.14 Å². The number of amides is 1. The van der Waals surface area contributed by atoms with Crippen LogP contribution in [-0.2, 0) is 4.57 Å². The SMILES string of the molecule is COc1cc(C)ccc1Nc1nc(Nc2cccc(C(=O)N3CCP(C)(=O)CC3)c2)c2cccn2n1. The minimum Gasteiger partial charge on any atom is -0.495 e. The van der Waals surface area contributed by atoms with E-state index in [1.54, 1.807) is 22.6 Å². The standard InChI is InChI=1S/C26H29N6O3P/c1-18-9-10-21(23(16-18)35-2)28-26-29-24(22-8-5-11-32(22)30-26)27-20-7-4-6-19(17-20)25(33)31-12-14-36(3,34)15-13-31/h4-11,16-17H,12-15H2,1-3H3,(H2,27,28,29,30). The molecule has 0 unspecified atom stereocenters. The Balaban J connectivity index is 1.40. The fraction of sp³-hybridized carbons (Fsp3) is 0.269. The lowest BCUT2D eigenvalue weighted by molar-refractivity contribution is 0.0769. The minimum absolute atomic E-state index is 0.0531. The molecule has 2 aromatic carbocycles. The van der Waals surface area contributed by atoms with Gasteiger partial charge in [0.1, 0.15) is 11.3 Å². The summed E-state index contributed by atoms with van der Waals surface area (Å²) in [5.41, 5.74) is 3.95. The molecular formula is C26H29N6O3P. The zero-order valence-electron chi connectivity index (χ0n) is 20.6. The molecule has 3 heterocycles. The van der Waals surface area contributed by atoms with Crippen LogP contribution in [-0.4, -0.2) is 64.6 Å². The number of ether oxygens (including phenoxy) is 1. The highest BCUT2D eigenvalue weighted by Gasteiger charge is 2.27. The van der Waals surface area contributed by atoms with E-state index in [1.807, 2.05) is 68.3 Å². The molecule has 0 spiro atoms. The van der Waals surface area contributed by atoms with Crippen molar-refractivity contribution in [1.29, 1.82) is 0 Å². The van der Waals surface area contributed by atoms with Gasteiger partial charge in [0.05, 0.1) is 19.9 Å². The second kappa shape index (κ2) is 9.66.